The Balaban J connectivity index is 0.000000325. The van der Waals surface area contributed by atoms with Gasteiger partial charge in [0.2, 0.25) is 0 Å². The molecule has 6 nitrogen and oxygen atoms in total. The van der Waals surface area contributed by atoms with Gasteiger partial charge in [0.15, 0.2) is 0 Å². The number of rotatable bonds is 2. The zero-order chi connectivity index (χ0) is 13.6. The quantitative estimate of drug-likeness (QED) is 0.579. The molecule has 2 atom stereocenters. The number of carbonyl (C=O) groups excluding carboxylic acids is 1. The average Bonchev–Trinajstić information content (AvgIpc) is 2.15. The van der Waals surface area contributed by atoms with E-state index in [1.165, 1.54) is 7.11 Å². The van der Waals surface area contributed by atoms with Crippen molar-refractivity contribution in [2.75, 3.05) is 13.7 Å². The number of carboxylic acids is 1. The molecule has 9 heteroatoms. The molecule has 1 rings (SSSR count). The number of esters is 1. The highest BCUT2D eigenvalue weighted by molar-refractivity contribution is 5.76. The van der Waals surface area contributed by atoms with Crippen LogP contribution in [0.5, 0.6) is 0 Å². The summed E-state index contributed by atoms with van der Waals surface area (Å²) in [6, 6.07) is -0.105. The van der Waals surface area contributed by atoms with Crippen molar-refractivity contribution < 1.29 is 37.7 Å². The van der Waals surface area contributed by atoms with E-state index in [1.54, 1.807) is 0 Å². The lowest BCUT2D eigenvalue weighted by Crippen LogP contribution is -2.58. The lowest BCUT2D eigenvalue weighted by atomic mass is 9.98. The Morgan fingerprint density at radius 3 is 2.12 bits per heavy atom. The van der Waals surface area contributed by atoms with Crippen molar-refractivity contribution in [3.63, 3.8) is 0 Å². The molecule has 0 aromatic carbocycles. The Morgan fingerprint density at radius 1 is 1.47 bits per heavy atom. The molecule has 1 aliphatic rings. The Morgan fingerprint density at radius 2 is 1.88 bits per heavy atom. The van der Waals surface area contributed by atoms with E-state index in [9.17, 15) is 18.0 Å². The molecular formula is C8H12F3NO5. The van der Waals surface area contributed by atoms with Gasteiger partial charge in [-0.05, 0) is 6.42 Å². The minimum atomic E-state index is -5.08. The van der Waals surface area contributed by atoms with E-state index in [0.717, 1.165) is 0 Å². The molecule has 0 radical (unpaired) electrons. The van der Waals surface area contributed by atoms with Crippen LogP contribution in [0.1, 0.15) is 6.42 Å². The largest absolute Gasteiger partial charge is 0.490 e. The van der Waals surface area contributed by atoms with E-state index in [2.05, 4.69) is 10.1 Å². The molecule has 0 amide bonds. The highest BCUT2D eigenvalue weighted by atomic mass is 19.4. The standard InChI is InChI=1S/C6H11NO3.C2HF3O2/c1-10-6(9)5-2-4(3-8)7-5;3-2(4,5)1(6)7/h4-5,7-8H,2-3H2,1H3;(H,6,7)/t4-,5+;/m0./s1. The number of aliphatic carboxylic acids is 1. The second-order valence-corrected chi connectivity index (χ2v) is 3.16. The van der Waals surface area contributed by atoms with Crippen LogP contribution in [0.15, 0.2) is 0 Å². The summed E-state index contributed by atoms with van der Waals surface area (Å²) in [5.74, 6) is -3.00. The van der Waals surface area contributed by atoms with Crippen molar-refractivity contribution in [1.82, 2.24) is 5.32 Å². The summed E-state index contributed by atoms with van der Waals surface area (Å²) in [4.78, 5) is 19.6. The summed E-state index contributed by atoms with van der Waals surface area (Å²) in [6.45, 7) is 0.0908. The van der Waals surface area contributed by atoms with Gasteiger partial charge in [0.05, 0.1) is 13.7 Å². The maximum absolute atomic E-state index is 10.7. The molecule has 0 spiro atoms. The molecule has 1 aliphatic heterocycles. The first-order chi connectivity index (χ1) is 7.72. The maximum atomic E-state index is 10.7. The van der Waals surface area contributed by atoms with Gasteiger partial charge in [-0.2, -0.15) is 13.2 Å². The number of halogens is 3. The van der Waals surface area contributed by atoms with Gasteiger partial charge in [0.1, 0.15) is 6.04 Å². The van der Waals surface area contributed by atoms with Crippen molar-refractivity contribution in [2.24, 2.45) is 0 Å². The van der Waals surface area contributed by atoms with Crippen molar-refractivity contribution in [3.8, 4) is 0 Å². The molecule has 0 aromatic heterocycles. The number of hydrogen-bond donors (Lipinski definition) is 3. The van der Waals surface area contributed by atoms with Gasteiger partial charge in [-0.1, -0.05) is 0 Å². The van der Waals surface area contributed by atoms with E-state index in [0.29, 0.717) is 6.42 Å². The molecule has 0 aliphatic carbocycles. The van der Waals surface area contributed by atoms with E-state index >= 15 is 0 Å². The Kier molecular flexibility index (Phi) is 5.89. The average molecular weight is 259 g/mol. The molecule has 1 fully saturated rings. The minimum Gasteiger partial charge on any atom is -0.475 e. The van der Waals surface area contributed by atoms with Crippen LogP contribution in [-0.4, -0.2) is 54.1 Å². The first-order valence-electron chi connectivity index (χ1n) is 4.47. The first kappa shape index (κ1) is 15.7. The number of methoxy groups -OCH3 is 1. The summed E-state index contributed by atoms with van der Waals surface area (Å²) in [5, 5.41) is 18.5. The predicted molar refractivity (Wildman–Crippen MR) is 48.1 cm³/mol. The van der Waals surface area contributed by atoms with E-state index in [1.807, 2.05) is 0 Å². The van der Waals surface area contributed by atoms with Gasteiger partial charge in [0.25, 0.3) is 0 Å². The van der Waals surface area contributed by atoms with Crippen LogP contribution < -0.4 is 5.32 Å². The molecule has 1 heterocycles. The third-order valence-electron chi connectivity index (χ3n) is 1.91. The SMILES string of the molecule is COC(=O)[C@H]1C[C@@H](CO)N1.O=C(O)C(F)(F)F. The van der Waals surface area contributed by atoms with E-state index in [-0.39, 0.29) is 24.7 Å². The number of ether oxygens (including phenoxy) is 1. The number of nitrogens with one attached hydrogen (secondary N) is 1. The van der Waals surface area contributed by atoms with Crippen LogP contribution in [0.3, 0.4) is 0 Å². The van der Waals surface area contributed by atoms with Gasteiger partial charge in [-0.3, -0.25) is 10.1 Å². The summed E-state index contributed by atoms with van der Waals surface area (Å²) >= 11 is 0. The molecule has 0 aromatic rings. The molecule has 100 valence electrons. The zero-order valence-corrected chi connectivity index (χ0v) is 8.82. The Bertz CT molecular complexity index is 275. The van der Waals surface area contributed by atoms with Crippen molar-refractivity contribution in [3.05, 3.63) is 0 Å². The molecule has 0 saturated carbocycles. The van der Waals surface area contributed by atoms with E-state index < -0.39 is 12.1 Å². The number of aliphatic hydroxyl groups excluding tert-OH is 1. The van der Waals surface area contributed by atoms with Gasteiger partial charge < -0.3 is 14.9 Å². The summed E-state index contributed by atoms with van der Waals surface area (Å²) in [7, 11) is 1.36. The fourth-order valence-corrected chi connectivity index (χ4v) is 0.978. The minimum absolute atomic E-state index is 0.0871. The molecule has 0 unspecified atom stereocenters. The van der Waals surface area contributed by atoms with Crippen LogP contribution in [0.25, 0.3) is 0 Å². The first-order valence-corrected chi connectivity index (χ1v) is 4.47. The zero-order valence-electron chi connectivity index (χ0n) is 8.82. The van der Waals surface area contributed by atoms with Crippen LogP contribution in [0, 0.1) is 0 Å². The second-order valence-electron chi connectivity index (χ2n) is 3.16. The Hall–Kier alpha value is -1.35. The lowest BCUT2D eigenvalue weighted by molar-refractivity contribution is -0.192. The Labute approximate surface area is 94.4 Å². The maximum Gasteiger partial charge on any atom is 0.490 e. The topological polar surface area (TPSA) is 95.9 Å². The molecular weight excluding hydrogens is 247 g/mol. The van der Waals surface area contributed by atoms with E-state index in [4.69, 9.17) is 15.0 Å². The second kappa shape index (κ2) is 6.40. The fraction of sp³-hybridized carbons (Fsp3) is 0.750. The van der Waals surface area contributed by atoms with Crippen molar-refractivity contribution in [1.29, 1.82) is 0 Å². The normalized spacial score (nSPS) is 22.9. The number of hydrogen-bond acceptors (Lipinski definition) is 5. The van der Waals surface area contributed by atoms with Gasteiger partial charge in [0, 0.05) is 6.04 Å². The van der Waals surface area contributed by atoms with Gasteiger partial charge >= 0.3 is 18.1 Å². The molecule has 0 bridgehead atoms. The molecule has 3 N–H and O–H groups in total. The smallest absolute Gasteiger partial charge is 0.475 e. The van der Waals surface area contributed by atoms with Crippen LogP contribution in [0.4, 0.5) is 13.2 Å². The highest BCUT2D eigenvalue weighted by Gasteiger charge is 2.38. The number of carbonyl (C=O) groups is 2. The van der Waals surface area contributed by atoms with Crippen molar-refractivity contribution in [2.45, 2.75) is 24.7 Å². The number of aliphatic hydroxyl groups is 1. The summed E-state index contributed by atoms with van der Waals surface area (Å²) < 4.78 is 36.2. The highest BCUT2D eigenvalue weighted by Crippen LogP contribution is 2.13. The van der Waals surface area contributed by atoms with Crippen molar-refractivity contribution >= 4 is 11.9 Å². The fourth-order valence-electron chi connectivity index (χ4n) is 0.978. The number of alkyl halides is 3. The monoisotopic (exact) mass is 259 g/mol. The third kappa shape index (κ3) is 5.50. The lowest BCUT2D eigenvalue weighted by Gasteiger charge is -2.33. The third-order valence-corrected chi connectivity index (χ3v) is 1.91. The van der Waals surface area contributed by atoms with Crippen LogP contribution in [0.2, 0.25) is 0 Å². The molecule has 1 saturated heterocycles. The van der Waals surface area contributed by atoms with Crippen LogP contribution in [-0.2, 0) is 14.3 Å². The predicted octanol–water partition coefficient (Wildman–Crippen LogP) is -0.484. The number of carboxylic acid groups (broad SMARTS) is 1. The van der Waals surface area contributed by atoms with Gasteiger partial charge in [-0.25, -0.2) is 4.79 Å². The summed E-state index contributed by atoms with van der Waals surface area (Å²) in [5.41, 5.74) is 0. The van der Waals surface area contributed by atoms with Crippen LogP contribution >= 0.6 is 0 Å². The van der Waals surface area contributed by atoms with Gasteiger partial charge in [-0.15, -0.1) is 0 Å². The summed E-state index contributed by atoms with van der Waals surface area (Å²) in [6.07, 6.45) is -4.40. The molecule has 17 heavy (non-hydrogen) atoms.